The SMILES string of the molecule is O=C(NCCn1nc(C2CC2)n(-c2ccccc2)c1=O)C1CC(=O)N(c2ccccc2)C1. The van der Waals surface area contributed by atoms with Gasteiger partial charge in [0.1, 0.15) is 5.82 Å². The van der Waals surface area contributed by atoms with Crippen molar-refractivity contribution >= 4 is 17.5 Å². The van der Waals surface area contributed by atoms with Crippen LogP contribution in [0, 0.1) is 5.92 Å². The van der Waals surface area contributed by atoms with Gasteiger partial charge < -0.3 is 10.2 Å². The second kappa shape index (κ2) is 8.45. The van der Waals surface area contributed by atoms with E-state index < -0.39 is 5.92 Å². The summed E-state index contributed by atoms with van der Waals surface area (Å²) in [5, 5.41) is 7.44. The van der Waals surface area contributed by atoms with Gasteiger partial charge in [-0.05, 0) is 37.1 Å². The molecule has 8 nitrogen and oxygen atoms in total. The molecule has 1 aliphatic heterocycles. The first-order valence-electron chi connectivity index (χ1n) is 11.0. The maximum absolute atomic E-state index is 13.0. The van der Waals surface area contributed by atoms with Crippen LogP contribution in [0.5, 0.6) is 0 Å². The number of carbonyl (C=O) groups excluding carboxylic acids is 2. The number of hydrogen-bond acceptors (Lipinski definition) is 4. The molecule has 1 saturated carbocycles. The van der Waals surface area contributed by atoms with E-state index in [1.54, 1.807) is 9.47 Å². The third-order valence-corrected chi connectivity index (χ3v) is 6.01. The molecule has 1 aromatic heterocycles. The number of rotatable bonds is 7. The summed E-state index contributed by atoms with van der Waals surface area (Å²) in [6.07, 6.45) is 2.26. The van der Waals surface area contributed by atoms with Gasteiger partial charge in [-0.1, -0.05) is 36.4 Å². The van der Waals surface area contributed by atoms with Crippen molar-refractivity contribution in [2.75, 3.05) is 18.0 Å². The van der Waals surface area contributed by atoms with Gasteiger partial charge in [-0.2, -0.15) is 5.10 Å². The van der Waals surface area contributed by atoms with Gasteiger partial charge in [-0.25, -0.2) is 14.0 Å². The maximum Gasteiger partial charge on any atom is 0.350 e. The summed E-state index contributed by atoms with van der Waals surface area (Å²) in [4.78, 5) is 39.7. The monoisotopic (exact) mass is 431 g/mol. The fourth-order valence-corrected chi connectivity index (χ4v) is 4.17. The molecule has 1 aliphatic carbocycles. The number of anilines is 1. The quantitative estimate of drug-likeness (QED) is 0.620. The maximum atomic E-state index is 13.0. The van der Waals surface area contributed by atoms with Crippen LogP contribution in [0.3, 0.4) is 0 Å². The first-order valence-corrected chi connectivity index (χ1v) is 11.0. The largest absolute Gasteiger partial charge is 0.354 e. The lowest BCUT2D eigenvalue weighted by Crippen LogP contribution is -2.36. The van der Waals surface area contributed by atoms with Crippen molar-refractivity contribution in [3.8, 4) is 5.69 Å². The van der Waals surface area contributed by atoms with E-state index in [1.807, 2.05) is 60.7 Å². The summed E-state index contributed by atoms with van der Waals surface area (Å²) in [6.45, 7) is 0.932. The standard InChI is InChI=1S/C24H25N5O3/c30-21-15-18(16-27(21)19-7-3-1-4-8-19)23(31)25-13-14-28-24(32)29(20-9-5-2-6-10-20)22(26-28)17-11-12-17/h1-10,17-18H,11-16H2,(H,25,31). The van der Waals surface area contributed by atoms with E-state index in [0.29, 0.717) is 12.5 Å². The molecular formula is C24H25N5O3. The average Bonchev–Trinajstić information content (AvgIpc) is 3.51. The van der Waals surface area contributed by atoms with Gasteiger partial charge in [-0.3, -0.25) is 9.59 Å². The van der Waals surface area contributed by atoms with E-state index in [0.717, 1.165) is 30.0 Å². The van der Waals surface area contributed by atoms with Gasteiger partial charge in [0.2, 0.25) is 11.8 Å². The lowest BCUT2D eigenvalue weighted by Gasteiger charge is -2.16. The fourth-order valence-electron chi connectivity index (χ4n) is 4.17. The molecule has 2 heterocycles. The minimum Gasteiger partial charge on any atom is -0.354 e. The normalized spacial score (nSPS) is 18.2. The molecule has 2 fully saturated rings. The van der Waals surface area contributed by atoms with Crippen LogP contribution < -0.4 is 15.9 Å². The van der Waals surface area contributed by atoms with Crippen LogP contribution in [-0.2, 0) is 16.1 Å². The van der Waals surface area contributed by atoms with Gasteiger partial charge in [0, 0.05) is 31.1 Å². The van der Waals surface area contributed by atoms with E-state index in [4.69, 9.17) is 0 Å². The Labute approximate surface area is 185 Å². The summed E-state index contributed by atoms with van der Waals surface area (Å²) < 4.78 is 3.10. The molecule has 1 atom stereocenters. The van der Waals surface area contributed by atoms with Crippen LogP contribution in [0.4, 0.5) is 5.69 Å². The van der Waals surface area contributed by atoms with Gasteiger partial charge in [0.15, 0.2) is 0 Å². The molecule has 0 radical (unpaired) electrons. The Kier molecular flexibility index (Phi) is 5.34. The van der Waals surface area contributed by atoms with E-state index in [-0.39, 0.29) is 37.0 Å². The molecule has 2 aliphatic rings. The summed E-state index contributed by atoms with van der Waals surface area (Å²) in [7, 11) is 0. The van der Waals surface area contributed by atoms with Crippen LogP contribution >= 0.6 is 0 Å². The van der Waals surface area contributed by atoms with E-state index in [9.17, 15) is 14.4 Å². The summed E-state index contributed by atoms with van der Waals surface area (Å²) >= 11 is 0. The Bertz CT molecular complexity index is 1180. The second-order valence-corrected chi connectivity index (χ2v) is 8.34. The van der Waals surface area contributed by atoms with Crippen molar-refractivity contribution < 1.29 is 9.59 Å². The number of nitrogens with one attached hydrogen (secondary N) is 1. The Balaban J connectivity index is 1.23. The highest BCUT2D eigenvalue weighted by Gasteiger charge is 2.35. The van der Waals surface area contributed by atoms with Crippen molar-refractivity contribution in [1.29, 1.82) is 0 Å². The minimum absolute atomic E-state index is 0.0525. The predicted octanol–water partition coefficient (Wildman–Crippen LogP) is 2.08. The number of nitrogens with zero attached hydrogens (tertiary/aromatic N) is 4. The topological polar surface area (TPSA) is 89.2 Å². The van der Waals surface area contributed by atoms with Gasteiger partial charge in [0.05, 0.1) is 18.2 Å². The highest BCUT2D eigenvalue weighted by atomic mass is 16.2. The molecule has 32 heavy (non-hydrogen) atoms. The van der Waals surface area contributed by atoms with Crippen LogP contribution in [0.15, 0.2) is 65.5 Å². The van der Waals surface area contributed by atoms with Gasteiger partial charge in [0.25, 0.3) is 0 Å². The van der Waals surface area contributed by atoms with E-state index in [1.165, 1.54) is 4.68 Å². The molecule has 8 heteroatoms. The number of benzene rings is 2. The number of para-hydroxylation sites is 2. The Morgan fingerprint density at radius 1 is 0.969 bits per heavy atom. The van der Waals surface area contributed by atoms with Crippen LogP contribution in [-0.4, -0.2) is 39.3 Å². The fraction of sp³-hybridized carbons (Fsp3) is 0.333. The molecule has 1 saturated heterocycles. The zero-order chi connectivity index (χ0) is 22.1. The average molecular weight is 431 g/mol. The lowest BCUT2D eigenvalue weighted by atomic mass is 10.1. The molecule has 164 valence electrons. The molecule has 2 aromatic carbocycles. The van der Waals surface area contributed by atoms with Crippen molar-refractivity contribution in [2.24, 2.45) is 5.92 Å². The zero-order valence-electron chi connectivity index (χ0n) is 17.7. The highest BCUT2D eigenvalue weighted by Crippen LogP contribution is 2.39. The summed E-state index contributed by atoms with van der Waals surface area (Å²) in [6, 6.07) is 18.9. The lowest BCUT2D eigenvalue weighted by molar-refractivity contribution is -0.126. The van der Waals surface area contributed by atoms with E-state index >= 15 is 0 Å². The first-order chi connectivity index (χ1) is 15.6. The van der Waals surface area contributed by atoms with Crippen LogP contribution in [0.25, 0.3) is 5.69 Å². The smallest absolute Gasteiger partial charge is 0.350 e. The van der Waals surface area contributed by atoms with Crippen LogP contribution in [0.2, 0.25) is 0 Å². The van der Waals surface area contributed by atoms with Crippen molar-refractivity contribution in [1.82, 2.24) is 19.7 Å². The van der Waals surface area contributed by atoms with Gasteiger partial charge in [-0.15, -0.1) is 0 Å². The Morgan fingerprint density at radius 2 is 1.62 bits per heavy atom. The Morgan fingerprint density at radius 3 is 2.28 bits per heavy atom. The van der Waals surface area contributed by atoms with Crippen LogP contribution in [0.1, 0.15) is 31.0 Å². The van der Waals surface area contributed by atoms with Gasteiger partial charge >= 0.3 is 5.69 Å². The van der Waals surface area contributed by atoms with Crippen molar-refractivity contribution in [3.63, 3.8) is 0 Å². The molecule has 0 bridgehead atoms. The summed E-state index contributed by atoms with van der Waals surface area (Å²) in [5.41, 5.74) is 1.41. The number of carbonyl (C=O) groups is 2. The third-order valence-electron chi connectivity index (χ3n) is 6.01. The Hall–Kier alpha value is -3.68. The number of hydrogen-bond donors (Lipinski definition) is 1. The molecule has 3 aromatic rings. The molecule has 1 unspecified atom stereocenters. The zero-order valence-corrected chi connectivity index (χ0v) is 17.7. The molecule has 2 amide bonds. The molecule has 0 spiro atoms. The summed E-state index contributed by atoms with van der Waals surface area (Å²) in [5.74, 6) is 0.473. The first kappa shape index (κ1) is 20.2. The molecule has 5 rings (SSSR count). The van der Waals surface area contributed by atoms with E-state index in [2.05, 4.69) is 10.4 Å². The van der Waals surface area contributed by atoms with Crippen molar-refractivity contribution in [2.45, 2.75) is 31.7 Å². The third kappa shape index (κ3) is 3.95. The van der Waals surface area contributed by atoms with Crippen molar-refractivity contribution in [3.05, 3.63) is 77.0 Å². The number of amides is 2. The molecular weight excluding hydrogens is 406 g/mol. The number of aromatic nitrogens is 3. The second-order valence-electron chi connectivity index (χ2n) is 8.34. The highest BCUT2D eigenvalue weighted by molar-refractivity contribution is 6.00. The minimum atomic E-state index is -0.400. The molecule has 1 N–H and O–H groups in total. The predicted molar refractivity (Wildman–Crippen MR) is 120 cm³/mol.